The van der Waals surface area contributed by atoms with Gasteiger partial charge in [-0.25, -0.2) is 17.6 Å². The first-order chi connectivity index (χ1) is 9.49. The van der Waals surface area contributed by atoms with Crippen LogP contribution in [0.4, 0.5) is 17.6 Å². The second-order valence-electron chi connectivity index (χ2n) is 4.13. The van der Waals surface area contributed by atoms with Crippen molar-refractivity contribution in [2.45, 2.75) is 6.04 Å². The molecule has 6 heteroatoms. The van der Waals surface area contributed by atoms with E-state index in [0.29, 0.717) is 0 Å². The first-order valence-electron chi connectivity index (χ1n) is 5.76. The number of rotatable bonds is 4. The first-order valence-corrected chi connectivity index (χ1v) is 5.76. The van der Waals surface area contributed by atoms with Gasteiger partial charge in [-0.15, -0.1) is 0 Å². The van der Waals surface area contributed by atoms with E-state index in [1.165, 1.54) is 6.07 Å². The molecule has 0 aliphatic carbocycles. The van der Waals surface area contributed by atoms with Crippen LogP contribution in [0.25, 0.3) is 0 Å². The molecule has 0 aliphatic heterocycles. The number of halogens is 4. The van der Waals surface area contributed by atoms with Gasteiger partial charge in [-0.3, -0.25) is 0 Å². The Labute approximate surface area is 112 Å². The van der Waals surface area contributed by atoms with E-state index < -0.39 is 41.7 Å². The van der Waals surface area contributed by atoms with E-state index in [0.717, 1.165) is 30.3 Å². The van der Waals surface area contributed by atoms with Gasteiger partial charge in [0.25, 0.3) is 0 Å². The van der Waals surface area contributed by atoms with E-state index in [2.05, 4.69) is 0 Å². The minimum absolute atomic E-state index is 0.123. The molecule has 0 bridgehead atoms. The molecule has 0 heterocycles. The molecule has 0 saturated heterocycles. The van der Waals surface area contributed by atoms with E-state index in [-0.39, 0.29) is 5.56 Å². The fourth-order valence-electron chi connectivity index (χ4n) is 1.68. The van der Waals surface area contributed by atoms with Crippen molar-refractivity contribution in [3.05, 3.63) is 65.2 Å². The molecule has 2 nitrogen and oxygen atoms in total. The van der Waals surface area contributed by atoms with Crippen molar-refractivity contribution in [2.24, 2.45) is 5.73 Å². The Balaban J connectivity index is 2.13. The third kappa shape index (κ3) is 3.08. The Kier molecular flexibility index (Phi) is 4.24. The number of hydrogen-bond donors (Lipinski definition) is 1. The van der Waals surface area contributed by atoms with Crippen molar-refractivity contribution in [1.29, 1.82) is 0 Å². The van der Waals surface area contributed by atoms with Crippen LogP contribution >= 0.6 is 0 Å². The van der Waals surface area contributed by atoms with E-state index in [1.807, 2.05) is 0 Å². The number of ether oxygens (including phenoxy) is 1. The molecule has 0 spiro atoms. The van der Waals surface area contributed by atoms with Crippen molar-refractivity contribution in [2.75, 3.05) is 6.61 Å². The summed E-state index contributed by atoms with van der Waals surface area (Å²) in [6.07, 6.45) is 0. The summed E-state index contributed by atoms with van der Waals surface area (Å²) in [5.41, 5.74) is 5.51. The lowest BCUT2D eigenvalue weighted by atomic mass is 10.1. The monoisotopic (exact) mass is 285 g/mol. The summed E-state index contributed by atoms with van der Waals surface area (Å²) in [4.78, 5) is 0. The molecule has 20 heavy (non-hydrogen) atoms. The van der Waals surface area contributed by atoms with Gasteiger partial charge in [-0.1, -0.05) is 6.07 Å². The maximum Gasteiger partial charge on any atom is 0.190 e. The lowest BCUT2D eigenvalue weighted by molar-refractivity contribution is 0.261. The second kappa shape index (κ2) is 5.92. The zero-order valence-corrected chi connectivity index (χ0v) is 10.2. The van der Waals surface area contributed by atoms with Gasteiger partial charge in [-0.2, -0.15) is 0 Å². The van der Waals surface area contributed by atoms with E-state index >= 15 is 0 Å². The molecule has 2 aromatic rings. The molecule has 0 fully saturated rings. The van der Waals surface area contributed by atoms with Crippen molar-refractivity contribution >= 4 is 0 Å². The molecule has 0 aliphatic rings. The average molecular weight is 285 g/mol. The molecule has 1 atom stereocenters. The van der Waals surface area contributed by atoms with Gasteiger partial charge in [0.05, 0.1) is 6.04 Å². The summed E-state index contributed by atoms with van der Waals surface area (Å²) < 4.78 is 58.0. The van der Waals surface area contributed by atoms with Crippen LogP contribution in [0.3, 0.4) is 0 Å². The second-order valence-corrected chi connectivity index (χ2v) is 4.13. The Bertz CT molecular complexity index is 598. The van der Waals surface area contributed by atoms with Crippen molar-refractivity contribution in [1.82, 2.24) is 0 Å². The summed E-state index contributed by atoms with van der Waals surface area (Å²) in [5.74, 6) is -3.75. The summed E-state index contributed by atoms with van der Waals surface area (Å²) in [6.45, 7) is -0.391. The van der Waals surface area contributed by atoms with E-state index in [4.69, 9.17) is 10.5 Å². The standard InChI is InChI=1S/C14H11F4NO/c15-8-4-5-10(16)9(6-8)13(19)7-20-14-11(17)2-1-3-12(14)18/h1-6,13H,7,19H2. The molecular formula is C14H11F4NO. The van der Waals surface area contributed by atoms with Crippen LogP contribution in [0.2, 0.25) is 0 Å². The van der Waals surface area contributed by atoms with Gasteiger partial charge in [-0.05, 0) is 30.3 Å². The van der Waals surface area contributed by atoms with Gasteiger partial charge in [0.1, 0.15) is 18.2 Å². The zero-order chi connectivity index (χ0) is 14.7. The number of benzene rings is 2. The summed E-state index contributed by atoms with van der Waals surface area (Å²) in [6, 6.07) is 4.96. The average Bonchev–Trinajstić information content (AvgIpc) is 2.40. The highest BCUT2D eigenvalue weighted by atomic mass is 19.1. The Morgan fingerprint density at radius 2 is 1.60 bits per heavy atom. The van der Waals surface area contributed by atoms with Crippen LogP contribution in [-0.4, -0.2) is 6.61 Å². The van der Waals surface area contributed by atoms with Crippen LogP contribution in [0.5, 0.6) is 5.75 Å². The van der Waals surface area contributed by atoms with Gasteiger partial charge in [0.15, 0.2) is 17.4 Å². The molecular weight excluding hydrogens is 274 g/mol. The number of para-hydroxylation sites is 1. The number of nitrogens with two attached hydrogens (primary N) is 1. The predicted molar refractivity (Wildman–Crippen MR) is 65.1 cm³/mol. The molecule has 2 rings (SSSR count). The highest BCUT2D eigenvalue weighted by molar-refractivity contribution is 5.27. The quantitative estimate of drug-likeness (QED) is 0.875. The SMILES string of the molecule is NC(COc1c(F)cccc1F)c1cc(F)ccc1F. The molecule has 2 N–H and O–H groups in total. The Morgan fingerprint density at radius 3 is 2.25 bits per heavy atom. The molecule has 0 saturated carbocycles. The highest BCUT2D eigenvalue weighted by Gasteiger charge is 2.16. The minimum atomic E-state index is -1.05. The van der Waals surface area contributed by atoms with Crippen LogP contribution in [-0.2, 0) is 0 Å². The maximum atomic E-state index is 13.5. The Morgan fingerprint density at radius 1 is 0.950 bits per heavy atom. The van der Waals surface area contributed by atoms with E-state index in [1.54, 1.807) is 0 Å². The normalized spacial score (nSPS) is 12.2. The molecule has 106 valence electrons. The molecule has 2 aromatic carbocycles. The van der Waals surface area contributed by atoms with Gasteiger partial charge >= 0.3 is 0 Å². The summed E-state index contributed by atoms with van der Waals surface area (Å²) in [7, 11) is 0. The lowest BCUT2D eigenvalue weighted by Gasteiger charge is -2.15. The largest absolute Gasteiger partial charge is 0.486 e. The van der Waals surface area contributed by atoms with Crippen LogP contribution in [0.1, 0.15) is 11.6 Å². The number of hydrogen-bond acceptors (Lipinski definition) is 2. The van der Waals surface area contributed by atoms with Gasteiger partial charge in [0, 0.05) is 5.56 Å². The molecule has 1 unspecified atom stereocenters. The maximum absolute atomic E-state index is 13.5. The topological polar surface area (TPSA) is 35.2 Å². The lowest BCUT2D eigenvalue weighted by Crippen LogP contribution is -2.21. The fourth-order valence-corrected chi connectivity index (χ4v) is 1.68. The van der Waals surface area contributed by atoms with Gasteiger partial charge < -0.3 is 10.5 Å². The van der Waals surface area contributed by atoms with Crippen LogP contribution in [0.15, 0.2) is 36.4 Å². The first kappa shape index (κ1) is 14.3. The molecule has 0 radical (unpaired) electrons. The molecule has 0 amide bonds. The van der Waals surface area contributed by atoms with Crippen molar-refractivity contribution < 1.29 is 22.3 Å². The minimum Gasteiger partial charge on any atom is -0.486 e. The Hall–Kier alpha value is -2.08. The third-order valence-electron chi connectivity index (χ3n) is 2.68. The third-order valence-corrected chi connectivity index (χ3v) is 2.68. The van der Waals surface area contributed by atoms with Crippen LogP contribution < -0.4 is 10.5 Å². The smallest absolute Gasteiger partial charge is 0.190 e. The summed E-state index contributed by atoms with van der Waals surface area (Å²) in [5, 5.41) is 0. The highest BCUT2D eigenvalue weighted by Crippen LogP contribution is 2.23. The summed E-state index contributed by atoms with van der Waals surface area (Å²) >= 11 is 0. The van der Waals surface area contributed by atoms with E-state index in [9.17, 15) is 17.6 Å². The predicted octanol–water partition coefficient (Wildman–Crippen LogP) is 3.32. The van der Waals surface area contributed by atoms with Crippen molar-refractivity contribution in [3.63, 3.8) is 0 Å². The molecule has 0 aromatic heterocycles. The van der Waals surface area contributed by atoms with Gasteiger partial charge in [0.2, 0.25) is 0 Å². The fraction of sp³-hybridized carbons (Fsp3) is 0.143. The zero-order valence-electron chi connectivity index (χ0n) is 10.2. The van der Waals surface area contributed by atoms with Crippen LogP contribution in [0, 0.1) is 23.3 Å². The van der Waals surface area contributed by atoms with Crippen molar-refractivity contribution in [3.8, 4) is 5.75 Å².